The first kappa shape index (κ1) is 27.0. The van der Waals surface area contributed by atoms with Crippen molar-refractivity contribution in [3.63, 3.8) is 0 Å². The number of nitrogen functional groups attached to an aromatic ring is 1. The monoisotopic (exact) mass is 500 g/mol. The maximum Gasteiger partial charge on any atom is 0.323 e. The molecule has 0 bridgehead atoms. The van der Waals surface area contributed by atoms with Crippen molar-refractivity contribution in [2.45, 2.75) is 60.0 Å². The number of furan rings is 1. The molecule has 0 saturated heterocycles. The number of nitrogens with two attached hydrogens (primary N) is 1. The lowest BCUT2D eigenvalue weighted by molar-refractivity contribution is -0.145. The van der Waals surface area contributed by atoms with Crippen LogP contribution in [0.4, 0.5) is 5.13 Å². The number of anilines is 1. The number of thiazole rings is 1. The highest BCUT2D eigenvalue weighted by molar-refractivity contribution is 7.67. The van der Waals surface area contributed by atoms with Gasteiger partial charge in [0, 0.05) is 4.88 Å². The van der Waals surface area contributed by atoms with Gasteiger partial charge in [0.05, 0.1) is 13.2 Å². The van der Waals surface area contributed by atoms with Crippen molar-refractivity contribution in [3.8, 4) is 11.5 Å². The first-order valence-corrected chi connectivity index (χ1v) is 13.4. The number of carbonyl (C=O) groups excluding carboxylic acids is 2. The van der Waals surface area contributed by atoms with Crippen LogP contribution in [0.5, 0.6) is 0 Å². The highest BCUT2D eigenvalue weighted by Crippen LogP contribution is 2.40. The van der Waals surface area contributed by atoms with Crippen LogP contribution in [0.15, 0.2) is 16.5 Å². The van der Waals surface area contributed by atoms with Crippen LogP contribution in [-0.2, 0) is 30.0 Å². The number of hydrogen-bond acceptors (Lipinski definition) is 9. The van der Waals surface area contributed by atoms with Crippen LogP contribution < -0.4 is 21.4 Å². The van der Waals surface area contributed by atoms with Gasteiger partial charge in [0.25, 0.3) is 7.44 Å². The minimum Gasteiger partial charge on any atom is -0.465 e. The molecule has 0 aromatic carbocycles. The maximum atomic E-state index is 14.0. The number of nitrogens with one attached hydrogen (secondary N) is 2. The zero-order chi connectivity index (χ0) is 24.8. The highest BCUT2D eigenvalue weighted by atomic mass is 32.1. The van der Waals surface area contributed by atoms with Crippen LogP contribution >= 0.6 is 18.8 Å². The molecule has 2 aromatic rings. The van der Waals surface area contributed by atoms with E-state index in [1.807, 2.05) is 0 Å². The van der Waals surface area contributed by atoms with E-state index in [0.29, 0.717) is 22.5 Å². The summed E-state index contributed by atoms with van der Waals surface area (Å²) in [4.78, 5) is 29.7. The van der Waals surface area contributed by atoms with Crippen LogP contribution in [-0.4, -0.2) is 42.2 Å². The molecule has 0 aliphatic rings. The van der Waals surface area contributed by atoms with Crippen LogP contribution in [0.1, 0.15) is 46.4 Å². The van der Waals surface area contributed by atoms with Gasteiger partial charge in [-0.15, -0.1) is 11.3 Å². The zero-order valence-corrected chi connectivity index (χ0v) is 21.5. The summed E-state index contributed by atoms with van der Waals surface area (Å²) in [6.45, 7) is 10.9. The van der Waals surface area contributed by atoms with E-state index < -0.39 is 31.5 Å². The maximum absolute atomic E-state index is 14.0. The Morgan fingerprint density at radius 1 is 1.09 bits per heavy atom. The minimum absolute atomic E-state index is 0.0341. The van der Waals surface area contributed by atoms with E-state index in [-0.39, 0.29) is 18.7 Å². The molecule has 0 fully saturated rings. The Bertz CT molecular complexity index is 975. The number of rotatable bonds is 12. The van der Waals surface area contributed by atoms with Gasteiger partial charge in [-0.05, 0) is 52.2 Å². The topological polar surface area (TPSA) is 146 Å². The number of hydrogen-bond donors (Lipinski definition) is 3. The predicted octanol–water partition coefficient (Wildman–Crippen LogP) is 3.08. The summed E-state index contributed by atoms with van der Waals surface area (Å²) in [5.74, 6) is -0.392. The lowest BCUT2D eigenvalue weighted by Crippen LogP contribution is -2.44. The highest BCUT2D eigenvalue weighted by Gasteiger charge is 2.36. The standard InChI is InChI=1S/C21H33N4O6PS/c1-7-29-19(26)13(5)24-32(28,25-14(6)20(27)30-8-2)17-10-9-15(31-17)18-16(11-12(3)4)33-21(22)23-18/h9-10,12-14H,7-8,11H2,1-6H3,(H2,22,23)(H2,24,25,28). The Labute approximate surface area is 198 Å². The average molecular weight is 501 g/mol. The molecule has 0 saturated carbocycles. The Balaban J connectivity index is 2.42. The molecule has 2 heterocycles. The molecule has 0 radical (unpaired) electrons. The Hall–Kier alpha value is -2.20. The van der Waals surface area contributed by atoms with E-state index in [1.54, 1.807) is 19.9 Å². The molecule has 0 spiro atoms. The molecule has 0 aliphatic heterocycles. The third-order valence-electron chi connectivity index (χ3n) is 4.47. The molecule has 2 atom stereocenters. The second-order valence-electron chi connectivity index (χ2n) is 7.87. The number of carbonyl (C=O) groups is 2. The summed E-state index contributed by atoms with van der Waals surface area (Å²) in [6, 6.07) is 1.31. The summed E-state index contributed by atoms with van der Waals surface area (Å²) in [5.41, 5.74) is 6.54. The van der Waals surface area contributed by atoms with Gasteiger partial charge in [-0.3, -0.25) is 14.2 Å². The molecule has 2 aromatic heterocycles. The third-order valence-corrected chi connectivity index (χ3v) is 7.74. The normalized spacial score (nSPS) is 15.1. The summed E-state index contributed by atoms with van der Waals surface area (Å²) < 4.78 is 30.0. The fraction of sp³-hybridized carbons (Fsp3) is 0.571. The van der Waals surface area contributed by atoms with Crippen molar-refractivity contribution in [2.75, 3.05) is 18.9 Å². The molecule has 10 nitrogen and oxygen atoms in total. The number of ether oxygens (including phenoxy) is 2. The average Bonchev–Trinajstić information content (AvgIpc) is 3.34. The van der Waals surface area contributed by atoms with Crippen molar-refractivity contribution in [1.82, 2.24) is 15.2 Å². The second kappa shape index (κ2) is 11.8. The molecule has 0 amide bonds. The Kier molecular flexibility index (Phi) is 9.66. The zero-order valence-electron chi connectivity index (χ0n) is 19.8. The first-order valence-electron chi connectivity index (χ1n) is 10.9. The van der Waals surface area contributed by atoms with E-state index in [0.717, 1.165) is 11.3 Å². The molecule has 12 heteroatoms. The van der Waals surface area contributed by atoms with E-state index >= 15 is 0 Å². The number of aromatic nitrogens is 1. The summed E-state index contributed by atoms with van der Waals surface area (Å²) >= 11 is 1.38. The van der Waals surface area contributed by atoms with Gasteiger partial charge in [-0.2, -0.15) is 0 Å². The summed E-state index contributed by atoms with van der Waals surface area (Å²) in [6.07, 6.45) is 0.758. The summed E-state index contributed by atoms with van der Waals surface area (Å²) in [5, 5.41) is 5.94. The Morgan fingerprint density at radius 3 is 2.12 bits per heavy atom. The lowest BCUT2D eigenvalue weighted by Gasteiger charge is -2.24. The Morgan fingerprint density at radius 2 is 1.64 bits per heavy atom. The van der Waals surface area contributed by atoms with Crippen LogP contribution in [0.3, 0.4) is 0 Å². The van der Waals surface area contributed by atoms with Crippen molar-refractivity contribution in [1.29, 1.82) is 0 Å². The third kappa shape index (κ3) is 7.14. The van der Waals surface area contributed by atoms with E-state index in [1.165, 1.54) is 31.3 Å². The molecule has 0 aliphatic carbocycles. The van der Waals surface area contributed by atoms with E-state index in [2.05, 4.69) is 29.0 Å². The second-order valence-corrected chi connectivity index (χ2v) is 11.2. The van der Waals surface area contributed by atoms with Crippen molar-refractivity contribution in [2.24, 2.45) is 5.92 Å². The van der Waals surface area contributed by atoms with Gasteiger partial charge in [-0.25, -0.2) is 15.2 Å². The first-order chi connectivity index (χ1) is 15.5. The van der Waals surface area contributed by atoms with Gasteiger partial charge >= 0.3 is 11.9 Å². The van der Waals surface area contributed by atoms with E-state index in [9.17, 15) is 14.2 Å². The van der Waals surface area contributed by atoms with Gasteiger partial charge in [0.15, 0.2) is 16.4 Å². The van der Waals surface area contributed by atoms with E-state index in [4.69, 9.17) is 19.6 Å². The fourth-order valence-corrected chi connectivity index (χ4v) is 6.24. The molecule has 4 N–H and O–H groups in total. The van der Waals surface area contributed by atoms with Crippen molar-refractivity contribution in [3.05, 3.63) is 17.0 Å². The molecular weight excluding hydrogens is 467 g/mol. The largest absolute Gasteiger partial charge is 0.465 e. The van der Waals surface area contributed by atoms with Crippen LogP contribution in [0, 0.1) is 5.92 Å². The number of esters is 2. The van der Waals surface area contributed by atoms with Crippen LogP contribution in [0.2, 0.25) is 0 Å². The molecule has 2 unspecified atom stereocenters. The van der Waals surface area contributed by atoms with Crippen molar-refractivity contribution < 1.29 is 28.0 Å². The minimum atomic E-state index is -3.80. The fourth-order valence-electron chi connectivity index (χ4n) is 3.05. The molecular formula is C21H33N4O6PS. The quantitative estimate of drug-likeness (QED) is 0.293. The van der Waals surface area contributed by atoms with Gasteiger partial charge in [0.2, 0.25) is 0 Å². The smallest absolute Gasteiger partial charge is 0.323 e. The summed E-state index contributed by atoms with van der Waals surface area (Å²) in [7, 11) is -3.80. The van der Waals surface area contributed by atoms with Gasteiger partial charge < -0.3 is 19.6 Å². The predicted molar refractivity (Wildman–Crippen MR) is 128 cm³/mol. The molecule has 184 valence electrons. The molecule has 33 heavy (non-hydrogen) atoms. The number of nitrogens with zero attached hydrogens (tertiary/aromatic N) is 1. The lowest BCUT2D eigenvalue weighted by atomic mass is 10.1. The SMILES string of the molecule is CCOC(=O)C(C)NP(=O)(NC(C)C(=O)OCC)c1ccc(-c2nc(N)sc2CC(C)C)o1. The van der Waals surface area contributed by atoms with Crippen LogP contribution in [0.25, 0.3) is 11.5 Å². The van der Waals surface area contributed by atoms with Crippen molar-refractivity contribution >= 4 is 41.4 Å². The molecule has 2 rings (SSSR count). The van der Waals surface area contributed by atoms with Gasteiger partial charge in [-0.1, -0.05) is 13.8 Å². The van der Waals surface area contributed by atoms with Gasteiger partial charge in [0.1, 0.15) is 17.8 Å².